The van der Waals surface area contributed by atoms with Crippen molar-refractivity contribution in [1.29, 1.82) is 0 Å². The largest absolute Gasteiger partial charge is 0.421 e. The van der Waals surface area contributed by atoms with E-state index in [0.29, 0.717) is 0 Å². The average molecular weight is 258 g/mol. The maximum absolute atomic E-state index is 12.8. The summed E-state index contributed by atoms with van der Waals surface area (Å²) >= 11 is 2.83. The SMILES string of the molecule is Nc1cc(Br)cc(F)c1C(F)(F)F. The van der Waals surface area contributed by atoms with E-state index in [1.807, 2.05) is 0 Å². The van der Waals surface area contributed by atoms with E-state index in [1.54, 1.807) is 0 Å². The Morgan fingerprint density at radius 3 is 2.15 bits per heavy atom. The Kier molecular flexibility index (Phi) is 2.51. The molecular weight excluding hydrogens is 254 g/mol. The molecule has 1 aromatic rings. The first-order valence-corrected chi connectivity index (χ1v) is 3.93. The van der Waals surface area contributed by atoms with Crippen molar-refractivity contribution in [2.24, 2.45) is 0 Å². The minimum absolute atomic E-state index is 0.176. The molecule has 0 aliphatic carbocycles. The third-order valence-electron chi connectivity index (χ3n) is 1.37. The monoisotopic (exact) mass is 257 g/mol. The van der Waals surface area contributed by atoms with Crippen LogP contribution in [0.2, 0.25) is 0 Å². The van der Waals surface area contributed by atoms with E-state index in [0.717, 1.165) is 12.1 Å². The number of halogens is 5. The van der Waals surface area contributed by atoms with Crippen molar-refractivity contribution in [2.75, 3.05) is 5.73 Å². The number of rotatable bonds is 0. The molecule has 0 saturated heterocycles. The van der Waals surface area contributed by atoms with Crippen LogP contribution < -0.4 is 5.73 Å². The van der Waals surface area contributed by atoms with Gasteiger partial charge in [0.1, 0.15) is 11.4 Å². The van der Waals surface area contributed by atoms with E-state index in [-0.39, 0.29) is 4.47 Å². The maximum Gasteiger partial charge on any atom is 0.421 e. The Labute approximate surface area is 79.7 Å². The molecule has 0 spiro atoms. The van der Waals surface area contributed by atoms with Gasteiger partial charge in [0.25, 0.3) is 0 Å². The Hall–Kier alpha value is -0.780. The molecule has 1 nitrogen and oxygen atoms in total. The number of anilines is 1. The van der Waals surface area contributed by atoms with Crippen molar-refractivity contribution in [1.82, 2.24) is 0 Å². The maximum atomic E-state index is 12.8. The van der Waals surface area contributed by atoms with E-state index in [2.05, 4.69) is 15.9 Å². The van der Waals surface area contributed by atoms with Gasteiger partial charge in [0.15, 0.2) is 0 Å². The Morgan fingerprint density at radius 2 is 1.77 bits per heavy atom. The van der Waals surface area contributed by atoms with E-state index in [9.17, 15) is 17.6 Å². The van der Waals surface area contributed by atoms with Crippen LogP contribution in [-0.4, -0.2) is 0 Å². The van der Waals surface area contributed by atoms with Crippen LogP contribution in [0.5, 0.6) is 0 Å². The summed E-state index contributed by atoms with van der Waals surface area (Å²) in [6.45, 7) is 0. The zero-order valence-corrected chi connectivity index (χ0v) is 7.71. The number of hydrogen-bond donors (Lipinski definition) is 1. The Morgan fingerprint density at radius 1 is 1.23 bits per heavy atom. The summed E-state index contributed by atoms with van der Waals surface area (Å²) in [5.41, 5.74) is 2.97. The van der Waals surface area contributed by atoms with Crippen LogP contribution in [0.1, 0.15) is 5.56 Å². The predicted molar refractivity (Wildman–Crippen MR) is 43.5 cm³/mol. The number of benzene rings is 1. The zero-order chi connectivity index (χ0) is 10.2. The van der Waals surface area contributed by atoms with Gasteiger partial charge in [-0.25, -0.2) is 4.39 Å². The molecule has 72 valence electrons. The molecule has 0 heterocycles. The van der Waals surface area contributed by atoms with Gasteiger partial charge >= 0.3 is 6.18 Å². The lowest BCUT2D eigenvalue weighted by Crippen LogP contribution is -2.11. The number of nitrogen functional groups attached to an aromatic ring is 1. The van der Waals surface area contributed by atoms with Gasteiger partial charge in [-0.1, -0.05) is 15.9 Å². The molecule has 0 unspecified atom stereocenters. The summed E-state index contributed by atoms with van der Waals surface area (Å²) in [5.74, 6) is -1.38. The second-order valence-corrected chi connectivity index (χ2v) is 3.27. The molecule has 6 heteroatoms. The van der Waals surface area contributed by atoms with Crippen LogP contribution >= 0.6 is 15.9 Å². The minimum atomic E-state index is -4.76. The number of hydrogen-bond acceptors (Lipinski definition) is 1. The quantitative estimate of drug-likeness (QED) is 0.561. The highest BCUT2D eigenvalue weighted by Gasteiger charge is 2.36. The van der Waals surface area contributed by atoms with Crippen molar-refractivity contribution in [3.63, 3.8) is 0 Å². The van der Waals surface area contributed by atoms with Crippen molar-refractivity contribution < 1.29 is 17.6 Å². The zero-order valence-electron chi connectivity index (χ0n) is 6.12. The van der Waals surface area contributed by atoms with Crippen molar-refractivity contribution in [3.8, 4) is 0 Å². The lowest BCUT2D eigenvalue weighted by atomic mass is 10.1. The molecule has 13 heavy (non-hydrogen) atoms. The molecule has 0 radical (unpaired) electrons. The summed E-state index contributed by atoms with van der Waals surface area (Å²) in [4.78, 5) is 0. The predicted octanol–water partition coefficient (Wildman–Crippen LogP) is 3.19. The van der Waals surface area contributed by atoms with Crippen molar-refractivity contribution in [3.05, 3.63) is 28.0 Å². The Bertz CT molecular complexity index is 311. The topological polar surface area (TPSA) is 26.0 Å². The van der Waals surface area contributed by atoms with Gasteiger partial charge in [-0.2, -0.15) is 13.2 Å². The minimum Gasteiger partial charge on any atom is -0.398 e. The van der Waals surface area contributed by atoms with Crippen LogP contribution in [0.15, 0.2) is 16.6 Å². The average Bonchev–Trinajstić information content (AvgIpc) is 1.78. The number of alkyl halides is 3. The van der Waals surface area contributed by atoms with Gasteiger partial charge in [-0.05, 0) is 12.1 Å². The molecule has 0 amide bonds. The first kappa shape index (κ1) is 10.3. The van der Waals surface area contributed by atoms with E-state index < -0.39 is 23.2 Å². The van der Waals surface area contributed by atoms with Crippen LogP contribution in [0.4, 0.5) is 23.2 Å². The van der Waals surface area contributed by atoms with Gasteiger partial charge in [-0.15, -0.1) is 0 Å². The van der Waals surface area contributed by atoms with Gasteiger partial charge in [0.05, 0.1) is 0 Å². The second kappa shape index (κ2) is 3.17. The molecule has 0 aliphatic heterocycles. The van der Waals surface area contributed by atoms with Gasteiger partial charge in [-0.3, -0.25) is 0 Å². The fourth-order valence-electron chi connectivity index (χ4n) is 0.893. The normalized spacial score (nSPS) is 11.8. The van der Waals surface area contributed by atoms with E-state index in [1.165, 1.54) is 0 Å². The lowest BCUT2D eigenvalue weighted by Gasteiger charge is -2.10. The molecule has 1 aromatic carbocycles. The highest BCUT2D eigenvalue weighted by atomic mass is 79.9. The molecule has 0 aliphatic rings. The van der Waals surface area contributed by atoms with Crippen molar-refractivity contribution >= 4 is 21.6 Å². The third kappa shape index (κ3) is 2.12. The van der Waals surface area contributed by atoms with Crippen LogP contribution in [-0.2, 0) is 6.18 Å². The van der Waals surface area contributed by atoms with Crippen LogP contribution in [0.3, 0.4) is 0 Å². The highest BCUT2D eigenvalue weighted by molar-refractivity contribution is 9.10. The summed E-state index contributed by atoms with van der Waals surface area (Å²) in [5, 5.41) is 0. The first-order chi connectivity index (χ1) is 5.82. The van der Waals surface area contributed by atoms with E-state index in [4.69, 9.17) is 5.73 Å². The summed E-state index contributed by atoms with van der Waals surface area (Å²) in [7, 11) is 0. The molecule has 0 aromatic heterocycles. The van der Waals surface area contributed by atoms with Gasteiger partial charge in [0.2, 0.25) is 0 Å². The first-order valence-electron chi connectivity index (χ1n) is 3.14. The molecule has 0 saturated carbocycles. The molecule has 0 bridgehead atoms. The van der Waals surface area contributed by atoms with Crippen LogP contribution in [0, 0.1) is 5.82 Å². The fourth-order valence-corrected chi connectivity index (χ4v) is 1.34. The smallest absolute Gasteiger partial charge is 0.398 e. The fraction of sp³-hybridized carbons (Fsp3) is 0.143. The standard InChI is InChI=1S/C7H4BrF4N/c8-3-1-4(9)6(5(13)2-3)7(10,11)12/h1-2H,13H2. The highest BCUT2D eigenvalue weighted by Crippen LogP contribution is 2.36. The summed E-state index contributed by atoms with van der Waals surface area (Å²) in [6, 6.07) is 1.73. The number of nitrogens with two attached hydrogens (primary N) is 1. The lowest BCUT2D eigenvalue weighted by molar-refractivity contribution is -0.139. The van der Waals surface area contributed by atoms with Gasteiger partial charge in [0, 0.05) is 10.2 Å². The van der Waals surface area contributed by atoms with Crippen LogP contribution in [0.25, 0.3) is 0 Å². The molecule has 0 atom stereocenters. The molecule has 0 fully saturated rings. The molecular formula is C7H4BrF4N. The van der Waals surface area contributed by atoms with Crippen molar-refractivity contribution in [2.45, 2.75) is 6.18 Å². The molecule has 2 N–H and O–H groups in total. The van der Waals surface area contributed by atoms with E-state index >= 15 is 0 Å². The summed E-state index contributed by atoms with van der Waals surface area (Å²) in [6.07, 6.45) is -4.76. The third-order valence-corrected chi connectivity index (χ3v) is 1.83. The second-order valence-electron chi connectivity index (χ2n) is 2.35. The Balaban J connectivity index is 3.38. The summed E-state index contributed by atoms with van der Waals surface area (Å²) < 4.78 is 49.3. The molecule has 1 rings (SSSR count). The van der Waals surface area contributed by atoms with Gasteiger partial charge < -0.3 is 5.73 Å².